The predicted molar refractivity (Wildman–Crippen MR) is 124 cm³/mol. The van der Waals surface area contributed by atoms with Gasteiger partial charge in [-0.3, -0.25) is 4.90 Å². The van der Waals surface area contributed by atoms with Crippen LogP contribution in [0.4, 0.5) is 4.79 Å². The molecule has 2 rings (SSSR count). The van der Waals surface area contributed by atoms with Gasteiger partial charge in [-0.2, -0.15) is 0 Å². The number of likely N-dealkylation sites (N-methyl/N-ethyl adjacent to an activating group) is 1. The molecule has 9 heteroatoms. The first kappa shape index (κ1) is 25.6. The molecule has 0 heterocycles. The molecule has 0 spiro atoms. The Morgan fingerprint density at radius 2 is 1.72 bits per heavy atom. The van der Waals surface area contributed by atoms with Crippen LogP contribution in [0.25, 0.3) is 0 Å². The minimum atomic E-state index is -1.12. The van der Waals surface area contributed by atoms with Crippen LogP contribution in [0.1, 0.15) is 17.5 Å². The van der Waals surface area contributed by atoms with Gasteiger partial charge < -0.3 is 24.1 Å². The quantitative estimate of drug-likeness (QED) is 0.418. The van der Waals surface area contributed by atoms with E-state index in [0.29, 0.717) is 39.3 Å². The summed E-state index contributed by atoms with van der Waals surface area (Å²) < 4.78 is 22.1. The molecule has 1 atom stereocenters. The van der Waals surface area contributed by atoms with E-state index in [2.05, 4.69) is 6.58 Å². The molecule has 1 N–H and O–H groups in total. The summed E-state index contributed by atoms with van der Waals surface area (Å²) in [7, 11) is 6.07. The van der Waals surface area contributed by atoms with Crippen molar-refractivity contribution >= 4 is 29.3 Å². The summed E-state index contributed by atoms with van der Waals surface area (Å²) >= 11 is 12.3. The van der Waals surface area contributed by atoms with Crippen molar-refractivity contribution in [1.29, 1.82) is 0 Å². The lowest BCUT2D eigenvalue weighted by atomic mass is 9.85. The molecule has 0 aliphatic carbocycles. The van der Waals surface area contributed by atoms with Crippen molar-refractivity contribution in [1.82, 2.24) is 4.90 Å². The normalized spacial score (nSPS) is 12.6. The van der Waals surface area contributed by atoms with E-state index < -0.39 is 11.6 Å². The molecule has 2 aromatic rings. The fourth-order valence-corrected chi connectivity index (χ4v) is 3.75. The Bertz CT molecular complexity index is 942. The Balaban J connectivity index is 2.39. The van der Waals surface area contributed by atoms with Crippen LogP contribution in [0.5, 0.6) is 17.2 Å². The van der Waals surface area contributed by atoms with Crippen LogP contribution in [0, 0.1) is 0 Å². The van der Waals surface area contributed by atoms with Crippen LogP contribution in [0.3, 0.4) is 0 Å². The molecule has 0 bridgehead atoms. The van der Waals surface area contributed by atoms with Crippen molar-refractivity contribution < 1.29 is 28.8 Å². The highest BCUT2D eigenvalue weighted by atomic mass is 35.5. The Morgan fingerprint density at radius 1 is 1.09 bits per heavy atom. The van der Waals surface area contributed by atoms with Crippen LogP contribution in [-0.4, -0.2) is 51.1 Å². The molecule has 0 radical (unpaired) electrons. The largest absolute Gasteiger partial charge is 0.493 e. The molecule has 0 saturated carbocycles. The Morgan fingerprint density at radius 3 is 2.19 bits per heavy atom. The van der Waals surface area contributed by atoms with Gasteiger partial charge in [0.25, 0.3) is 0 Å². The number of amides is 1. The van der Waals surface area contributed by atoms with E-state index in [1.165, 1.54) is 33.3 Å². The lowest BCUT2D eigenvalue weighted by Gasteiger charge is -2.40. The van der Waals surface area contributed by atoms with Gasteiger partial charge in [0.1, 0.15) is 0 Å². The van der Waals surface area contributed by atoms with Crippen molar-refractivity contribution in [2.45, 2.75) is 18.6 Å². The van der Waals surface area contributed by atoms with Gasteiger partial charge in [0.15, 0.2) is 11.5 Å². The number of nitrogens with zero attached hydrogens (tertiary/aromatic N) is 1. The highest BCUT2D eigenvalue weighted by Gasteiger charge is 2.39. The summed E-state index contributed by atoms with van der Waals surface area (Å²) in [4.78, 5) is 13.1. The first-order valence-electron chi connectivity index (χ1n) is 9.63. The van der Waals surface area contributed by atoms with Crippen molar-refractivity contribution in [3.63, 3.8) is 0 Å². The third-order valence-corrected chi connectivity index (χ3v) is 5.94. The van der Waals surface area contributed by atoms with Gasteiger partial charge in [0.05, 0.1) is 50.1 Å². The molecule has 0 saturated heterocycles. The van der Waals surface area contributed by atoms with E-state index in [-0.39, 0.29) is 13.2 Å². The zero-order chi connectivity index (χ0) is 23.9. The molecule has 1 amide bonds. The van der Waals surface area contributed by atoms with E-state index in [1.807, 2.05) is 0 Å². The van der Waals surface area contributed by atoms with Gasteiger partial charge in [-0.25, -0.2) is 4.79 Å². The first-order valence-corrected chi connectivity index (χ1v) is 10.4. The third-order valence-electron chi connectivity index (χ3n) is 5.20. The number of carbonyl (C=O) groups is 1. The fraction of sp³-hybridized carbons (Fsp3) is 0.348. The maximum atomic E-state index is 11.9. The van der Waals surface area contributed by atoms with Crippen molar-refractivity contribution in [3.05, 3.63) is 64.2 Å². The van der Waals surface area contributed by atoms with Crippen LogP contribution < -0.4 is 14.2 Å². The van der Waals surface area contributed by atoms with Gasteiger partial charge in [0.2, 0.25) is 5.75 Å². The highest BCUT2D eigenvalue weighted by molar-refractivity contribution is 6.42. The van der Waals surface area contributed by atoms with E-state index in [0.717, 1.165) is 5.56 Å². The molecule has 2 aromatic carbocycles. The van der Waals surface area contributed by atoms with Gasteiger partial charge in [-0.1, -0.05) is 35.3 Å². The van der Waals surface area contributed by atoms with E-state index >= 15 is 0 Å². The number of ether oxygens (including phenoxy) is 4. The number of hydrogen-bond acceptors (Lipinski definition) is 5. The topological polar surface area (TPSA) is 77.5 Å². The fourth-order valence-electron chi connectivity index (χ4n) is 3.45. The summed E-state index contributed by atoms with van der Waals surface area (Å²) in [5.41, 5.74) is 0.336. The second-order valence-corrected chi connectivity index (χ2v) is 7.84. The second-order valence-electron chi connectivity index (χ2n) is 7.02. The summed E-state index contributed by atoms with van der Waals surface area (Å²) in [6.07, 6.45) is 0.822. The molecule has 0 fully saturated rings. The van der Waals surface area contributed by atoms with Crippen LogP contribution in [0.15, 0.2) is 43.0 Å². The summed E-state index contributed by atoms with van der Waals surface area (Å²) in [6.45, 7) is 4.01. The van der Waals surface area contributed by atoms with Crippen molar-refractivity contribution in [2.24, 2.45) is 0 Å². The number of hydrogen-bond donors (Lipinski definition) is 1. The summed E-state index contributed by atoms with van der Waals surface area (Å²) in [5, 5.41) is 10.5. The standard InChI is InChI=1S/C23H27Cl2NO6/c1-6-9-23(26(2)22(27)28,16-7-8-17(24)18(25)12-16)14-32-13-15-10-19(29-3)21(31-5)20(11-15)30-4/h6-8,10-12H,1,9,13-14H2,2-5H3,(H,27,28). The SMILES string of the molecule is C=CCC(COCc1cc(OC)c(OC)c(OC)c1)(c1ccc(Cl)c(Cl)c1)N(C)C(=O)O. The van der Waals surface area contributed by atoms with E-state index in [1.54, 1.807) is 36.4 Å². The van der Waals surface area contributed by atoms with Gasteiger partial charge in [-0.15, -0.1) is 6.58 Å². The molecular weight excluding hydrogens is 457 g/mol. The summed E-state index contributed by atoms with van der Waals surface area (Å²) in [5.74, 6) is 1.46. The lowest BCUT2D eigenvalue weighted by molar-refractivity contribution is 0.000686. The van der Waals surface area contributed by atoms with Crippen LogP contribution in [0.2, 0.25) is 10.0 Å². The molecule has 0 aromatic heterocycles. The Labute approximate surface area is 198 Å². The smallest absolute Gasteiger partial charge is 0.407 e. The monoisotopic (exact) mass is 483 g/mol. The molecule has 7 nitrogen and oxygen atoms in total. The number of rotatable bonds is 11. The molecule has 0 aliphatic rings. The number of halogens is 2. The average molecular weight is 484 g/mol. The minimum Gasteiger partial charge on any atom is -0.493 e. The average Bonchev–Trinajstić information content (AvgIpc) is 2.78. The Hall–Kier alpha value is -2.61. The van der Waals surface area contributed by atoms with Gasteiger partial charge >= 0.3 is 6.09 Å². The maximum absolute atomic E-state index is 11.9. The zero-order valence-electron chi connectivity index (χ0n) is 18.5. The molecular formula is C23H27Cl2NO6. The first-order chi connectivity index (χ1) is 15.2. The Kier molecular flexibility index (Phi) is 9.07. The van der Waals surface area contributed by atoms with E-state index in [9.17, 15) is 9.90 Å². The highest BCUT2D eigenvalue weighted by Crippen LogP contribution is 2.39. The zero-order valence-corrected chi connectivity index (χ0v) is 20.0. The third kappa shape index (κ3) is 5.41. The number of benzene rings is 2. The van der Waals surface area contributed by atoms with Crippen LogP contribution in [-0.2, 0) is 16.9 Å². The second kappa shape index (κ2) is 11.3. The molecule has 0 aliphatic heterocycles. The van der Waals surface area contributed by atoms with Gasteiger partial charge in [-0.05, 0) is 41.8 Å². The minimum absolute atomic E-state index is 0.0381. The lowest BCUT2D eigenvalue weighted by Crippen LogP contribution is -2.49. The van der Waals surface area contributed by atoms with Gasteiger partial charge in [0, 0.05) is 7.05 Å². The number of methoxy groups -OCH3 is 3. The van der Waals surface area contributed by atoms with E-state index in [4.69, 9.17) is 42.1 Å². The molecule has 174 valence electrons. The number of carboxylic acid groups (broad SMARTS) is 1. The summed E-state index contributed by atoms with van der Waals surface area (Å²) in [6, 6.07) is 8.56. The molecule has 32 heavy (non-hydrogen) atoms. The predicted octanol–water partition coefficient (Wildman–Crippen LogP) is 5.62. The van der Waals surface area contributed by atoms with Crippen LogP contribution >= 0.6 is 23.2 Å². The molecule has 1 unspecified atom stereocenters. The van der Waals surface area contributed by atoms with Crippen molar-refractivity contribution in [3.8, 4) is 17.2 Å². The maximum Gasteiger partial charge on any atom is 0.407 e. The van der Waals surface area contributed by atoms with Crippen molar-refractivity contribution in [2.75, 3.05) is 35.0 Å².